The summed E-state index contributed by atoms with van der Waals surface area (Å²) in [6.07, 6.45) is 1.54. The number of pyridine rings is 1. The van der Waals surface area contributed by atoms with Gasteiger partial charge in [0.15, 0.2) is 0 Å². The van der Waals surface area contributed by atoms with Crippen molar-refractivity contribution >= 4 is 17.7 Å². The van der Waals surface area contributed by atoms with Crippen LogP contribution >= 0.6 is 0 Å². The number of aryl methyl sites for hydroxylation is 1. The molecule has 0 aromatic carbocycles. The van der Waals surface area contributed by atoms with E-state index in [-0.39, 0.29) is 18.8 Å². The summed E-state index contributed by atoms with van der Waals surface area (Å²) in [5.74, 6) is -1.27. The Balaban J connectivity index is 2.33. The van der Waals surface area contributed by atoms with Gasteiger partial charge >= 0.3 is 5.97 Å². The highest BCUT2D eigenvalue weighted by atomic mass is 16.5. The minimum Gasteiger partial charge on any atom is -0.481 e. The standard InChI is InChI=1S/C13H17N3O4/c1-7-3-4-15-11(9(7)10(14)17)16-8-5-20-6-13(8,2)12(18)19/h3-4,8H,5-6H2,1-2H3,(H2,14,17)(H,15,16)(H,18,19). The average Bonchev–Trinajstić information content (AvgIpc) is 2.72. The first kappa shape index (κ1) is 14.3. The Morgan fingerprint density at radius 2 is 2.30 bits per heavy atom. The second-order valence-electron chi connectivity index (χ2n) is 5.15. The Bertz CT molecular complexity index is 561. The predicted octanol–water partition coefficient (Wildman–Crippen LogP) is 0.391. The van der Waals surface area contributed by atoms with Gasteiger partial charge in [-0.1, -0.05) is 0 Å². The number of aliphatic carboxylic acids is 1. The van der Waals surface area contributed by atoms with Crippen LogP contribution < -0.4 is 11.1 Å². The number of anilines is 1. The molecule has 1 aliphatic heterocycles. The van der Waals surface area contributed by atoms with Gasteiger partial charge in [-0.3, -0.25) is 9.59 Å². The molecule has 0 aliphatic carbocycles. The number of hydrogen-bond acceptors (Lipinski definition) is 5. The van der Waals surface area contributed by atoms with Crippen LogP contribution in [0.25, 0.3) is 0 Å². The molecule has 0 spiro atoms. The van der Waals surface area contributed by atoms with Crippen molar-refractivity contribution < 1.29 is 19.4 Å². The Kier molecular flexibility index (Phi) is 3.63. The molecule has 7 heteroatoms. The maximum atomic E-state index is 11.5. The summed E-state index contributed by atoms with van der Waals surface area (Å²) in [7, 11) is 0. The van der Waals surface area contributed by atoms with Gasteiger partial charge in [-0.15, -0.1) is 0 Å². The van der Waals surface area contributed by atoms with E-state index in [1.807, 2.05) is 0 Å². The summed E-state index contributed by atoms with van der Waals surface area (Å²) in [5, 5.41) is 12.3. The third-order valence-electron chi connectivity index (χ3n) is 3.66. The first-order valence-electron chi connectivity index (χ1n) is 6.19. The monoisotopic (exact) mass is 279 g/mol. The second kappa shape index (κ2) is 5.09. The fourth-order valence-electron chi connectivity index (χ4n) is 2.23. The topological polar surface area (TPSA) is 115 Å². The molecular formula is C13H17N3O4. The molecule has 0 saturated carbocycles. The van der Waals surface area contributed by atoms with Gasteiger partial charge in [0.2, 0.25) is 0 Å². The summed E-state index contributed by atoms with van der Waals surface area (Å²) in [6, 6.07) is 1.19. The number of nitrogens with zero attached hydrogens (tertiary/aromatic N) is 1. The summed E-state index contributed by atoms with van der Waals surface area (Å²) in [6.45, 7) is 3.68. The third-order valence-corrected chi connectivity index (χ3v) is 3.66. The molecular weight excluding hydrogens is 262 g/mol. The quantitative estimate of drug-likeness (QED) is 0.734. The van der Waals surface area contributed by atoms with E-state index in [1.54, 1.807) is 19.9 Å². The van der Waals surface area contributed by atoms with E-state index < -0.39 is 23.3 Å². The van der Waals surface area contributed by atoms with Gasteiger partial charge < -0.3 is 20.9 Å². The number of aromatic nitrogens is 1. The van der Waals surface area contributed by atoms with Crippen LogP contribution in [0.5, 0.6) is 0 Å². The molecule has 1 aliphatic rings. The zero-order valence-electron chi connectivity index (χ0n) is 11.3. The number of primary amides is 1. The number of carboxylic acid groups (broad SMARTS) is 1. The van der Waals surface area contributed by atoms with Crippen LogP contribution in [0.15, 0.2) is 12.3 Å². The molecule has 4 N–H and O–H groups in total. The fraction of sp³-hybridized carbons (Fsp3) is 0.462. The molecule has 1 saturated heterocycles. The predicted molar refractivity (Wildman–Crippen MR) is 71.5 cm³/mol. The second-order valence-corrected chi connectivity index (χ2v) is 5.15. The number of hydrogen-bond donors (Lipinski definition) is 3. The van der Waals surface area contributed by atoms with E-state index >= 15 is 0 Å². The zero-order chi connectivity index (χ0) is 14.9. The molecule has 20 heavy (non-hydrogen) atoms. The lowest BCUT2D eigenvalue weighted by Crippen LogP contribution is -2.44. The number of nitrogens with one attached hydrogen (secondary N) is 1. The highest BCUT2D eigenvalue weighted by Crippen LogP contribution is 2.31. The molecule has 2 rings (SSSR count). The highest BCUT2D eigenvalue weighted by molar-refractivity contribution is 5.99. The number of carbonyl (C=O) groups is 2. The van der Waals surface area contributed by atoms with E-state index in [0.29, 0.717) is 11.4 Å². The van der Waals surface area contributed by atoms with Crippen molar-refractivity contribution in [1.82, 2.24) is 4.98 Å². The average molecular weight is 279 g/mol. The van der Waals surface area contributed by atoms with Gasteiger partial charge in [0, 0.05) is 6.20 Å². The van der Waals surface area contributed by atoms with E-state index in [1.165, 1.54) is 6.20 Å². The Morgan fingerprint density at radius 1 is 1.60 bits per heavy atom. The smallest absolute Gasteiger partial charge is 0.313 e. The lowest BCUT2D eigenvalue weighted by molar-refractivity contribution is -0.148. The summed E-state index contributed by atoms with van der Waals surface area (Å²) < 4.78 is 5.25. The van der Waals surface area contributed by atoms with Gasteiger partial charge in [0.1, 0.15) is 11.2 Å². The molecule has 7 nitrogen and oxygen atoms in total. The first-order chi connectivity index (χ1) is 9.36. The number of rotatable bonds is 4. The fourth-order valence-corrected chi connectivity index (χ4v) is 2.23. The van der Waals surface area contributed by atoms with E-state index in [4.69, 9.17) is 10.5 Å². The van der Waals surface area contributed by atoms with Crippen LogP contribution in [0.2, 0.25) is 0 Å². The van der Waals surface area contributed by atoms with Gasteiger partial charge in [-0.2, -0.15) is 0 Å². The summed E-state index contributed by atoms with van der Waals surface area (Å²) in [5.41, 5.74) is 5.24. The highest BCUT2D eigenvalue weighted by Gasteiger charge is 2.47. The van der Waals surface area contributed by atoms with Crippen molar-refractivity contribution in [2.45, 2.75) is 19.9 Å². The lowest BCUT2D eigenvalue weighted by Gasteiger charge is -2.26. The van der Waals surface area contributed by atoms with Crippen LogP contribution in [-0.4, -0.2) is 41.2 Å². The number of nitrogens with two attached hydrogens (primary N) is 1. The van der Waals surface area contributed by atoms with Gasteiger partial charge in [0.25, 0.3) is 5.91 Å². The van der Waals surface area contributed by atoms with Gasteiger partial charge in [-0.05, 0) is 25.5 Å². The minimum atomic E-state index is -1.07. The van der Waals surface area contributed by atoms with Crippen LogP contribution in [0.1, 0.15) is 22.8 Å². The Hall–Kier alpha value is -2.15. The first-order valence-corrected chi connectivity index (χ1v) is 6.19. The molecule has 0 radical (unpaired) electrons. The molecule has 2 heterocycles. The largest absolute Gasteiger partial charge is 0.481 e. The van der Waals surface area contributed by atoms with Crippen LogP contribution in [0.3, 0.4) is 0 Å². The molecule has 2 unspecified atom stereocenters. The molecule has 0 bridgehead atoms. The summed E-state index contributed by atoms with van der Waals surface area (Å²) in [4.78, 5) is 27.0. The summed E-state index contributed by atoms with van der Waals surface area (Å²) >= 11 is 0. The number of amides is 1. The Labute approximate surface area is 116 Å². The van der Waals surface area contributed by atoms with Crippen LogP contribution in [-0.2, 0) is 9.53 Å². The SMILES string of the molecule is Cc1ccnc(NC2COCC2(C)C(=O)O)c1C(N)=O. The van der Waals surface area contributed by atoms with Crippen molar-refractivity contribution in [2.24, 2.45) is 11.1 Å². The van der Waals surface area contributed by atoms with Crippen molar-refractivity contribution in [3.8, 4) is 0 Å². The molecule has 1 amide bonds. The maximum Gasteiger partial charge on any atom is 0.313 e. The van der Waals surface area contributed by atoms with Gasteiger partial charge in [0.05, 0.1) is 24.8 Å². The molecule has 2 atom stereocenters. The molecule has 1 aromatic heterocycles. The normalized spacial score (nSPS) is 25.4. The molecule has 1 fully saturated rings. The van der Waals surface area contributed by atoms with E-state index in [9.17, 15) is 14.7 Å². The lowest BCUT2D eigenvalue weighted by atomic mass is 9.85. The third kappa shape index (κ3) is 2.32. The van der Waals surface area contributed by atoms with Crippen molar-refractivity contribution in [1.29, 1.82) is 0 Å². The Morgan fingerprint density at radius 3 is 2.90 bits per heavy atom. The number of ether oxygens (including phenoxy) is 1. The molecule has 108 valence electrons. The number of carboxylic acids is 1. The van der Waals surface area contributed by atoms with Crippen LogP contribution in [0, 0.1) is 12.3 Å². The van der Waals surface area contributed by atoms with E-state index in [0.717, 1.165) is 0 Å². The van der Waals surface area contributed by atoms with E-state index in [2.05, 4.69) is 10.3 Å². The minimum absolute atomic E-state index is 0.109. The van der Waals surface area contributed by atoms with Gasteiger partial charge in [-0.25, -0.2) is 4.98 Å². The van der Waals surface area contributed by atoms with Crippen molar-refractivity contribution in [3.05, 3.63) is 23.4 Å². The van der Waals surface area contributed by atoms with Crippen LogP contribution in [0.4, 0.5) is 5.82 Å². The van der Waals surface area contributed by atoms with Crippen molar-refractivity contribution in [3.63, 3.8) is 0 Å². The van der Waals surface area contributed by atoms with Crippen molar-refractivity contribution in [2.75, 3.05) is 18.5 Å². The maximum absolute atomic E-state index is 11.5. The molecule has 1 aromatic rings. The zero-order valence-corrected chi connectivity index (χ0v) is 11.3. The number of carbonyl (C=O) groups excluding carboxylic acids is 1.